The van der Waals surface area contributed by atoms with Gasteiger partial charge in [0.25, 0.3) is 0 Å². The molecular weight excluding hydrogens is 456 g/mol. The minimum atomic E-state index is -1.77. The summed E-state index contributed by atoms with van der Waals surface area (Å²) < 4.78 is 21.7. The molecule has 1 aliphatic rings. The zero-order valence-electron chi connectivity index (χ0n) is 17.7. The van der Waals surface area contributed by atoms with Gasteiger partial charge in [0.15, 0.2) is 28.4 Å². The molecule has 0 spiro atoms. The zero-order valence-corrected chi connectivity index (χ0v) is 17.7. The Morgan fingerprint density at radius 3 is 2.35 bits per heavy atom. The van der Waals surface area contributed by atoms with Crippen molar-refractivity contribution in [2.24, 2.45) is 0 Å². The summed E-state index contributed by atoms with van der Waals surface area (Å²) >= 11 is 0. The van der Waals surface area contributed by atoms with Crippen molar-refractivity contribution >= 4 is 11.0 Å². The van der Waals surface area contributed by atoms with Gasteiger partial charge in [-0.05, 0) is 18.2 Å². The first kappa shape index (κ1) is 23.6. The topological polar surface area (TPSA) is 200 Å². The van der Waals surface area contributed by atoms with Gasteiger partial charge >= 0.3 is 0 Å². The lowest BCUT2D eigenvalue weighted by Crippen LogP contribution is -2.60. The van der Waals surface area contributed by atoms with Crippen molar-refractivity contribution < 1.29 is 54.4 Å². The number of phenolic OH excluding ortho intramolecular Hbond substituents is 3. The third-order valence-corrected chi connectivity index (χ3v) is 5.48. The Bertz CT molecular complexity index is 1270. The van der Waals surface area contributed by atoms with E-state index >= 15 is 0 Å². The smallest absolute Gasteiger partial charge is 0.229 e. The Balaban J connectivity index is 1.78. The minimum Gasteiger partial charge on any atom is -0.504 e. The molecular formula is C22H22O12. The van der Waals surface area contributed by atoms with E-state index in [-0.39, 0.29) is 33.8 Å². The Hall–Kier alpha value is -3.55. The van der Waals surface area contributed by atoms with Crippen molar-refractivity contribution in [1.82, 2.24) is 0 Å². The van der Waals surface area contributed by atoms with Crippen LogP contribution in [0.3, 0.4) is 0 Å². The SMILES string of the molecule is COc1cc2oc(-c3ccc(O)c(O)c3)cc(=O)c2c(O)c1OC1OC(CO)C(O)C(O)C1O. The summed E-state index contributed by atoms with van der Waals surface area (Å²) in [6, 6.07) is 6.10. The molecule has 1 aromatic heterocycles. The number of benzene rings is 2. The molecule has 7 N–H and O–H groups in total. The van der Waals surface area contributed by atoms with Gasteiger partial charge in [-0.15, -0.1) is 0 Å². The quantitative estimate of drug-likeness (QED) is 0.238. The number of aliphatic hydroxyl groups is 4. The van der Waals surface area contributed by atoms with Crippen molar-refractivity contribution in [3.63, 3.8) is 0 Å². The largest absolute Gasteiger partial charge is 0.504 e. The van der Waals surface area contributed by atoms with E-state index in [0.717, 1.165) is 6.07 Å². The highest BCUT2D eigenvalue weighted by atomic mass is 16.7. The molecule has 5 atom stereocenters. The van der Waals surface area contributed by atoms with E-state index in [1.165, 1.54) is 31.4 Å². The van der Waals surface area contributed by atoms with Gasteiger partial charge in [-0.25, -0.2) is 0 Å². The molecule has 2 heterocycles. The van der Waals surface area contributed by atoms with Crippen LogP contribution in [0.15, 0.2) is 39.5 Å². The number of phenols is 3. The normalized spacial score (nSPS) is 24.8. The fraction of sp³-hybridized carbons (Fsp3) is 0.318. The van der Waals surface area contributed by atoms with E-state index in [2.05, 4.69) is 0 Å². The van der Waals surface area contributed by atoms with Gasteiger partial charge in [-0.3, -0.25) is 4.79 Å². The van der Waals surface area contributed by atoms with E-state index in [9.17, 15) is 40.5 Å². The molecule has 182 valence electrons. The number of hydrogen-bond donors (Lipinski definition) is 7. The van der Waals surface area contributed by atoms with Crippen molar-refractivity contribution in [3.05, 3.63) is 40.6 Å². The molecule has 4 rings (SSSR count). The van der Waals surface area contributed by atoms with Crippen molar-refractivity contribution in [1.29, 1.82) is 0 Å². The highest BCUT2D eigenvalue weighted by Gasteiger charge is 2.45. The molecule has 34 heavy (non-hydrogen) atoms. The molecule has 0 bridgehead atoms. The summed E-state index contributed by atoms with van der Waals surface area (Å²) in [7, 11) is 1.24. The summed E-state index contributed by atoms with van der Waals surface area (Å²) in [5, 5.41) is 69.2. The molecule has 1 saturated heterocycles. The van der Waals surface area contributed by atoms with Crippen molar-refractivity contribution in [2.45, 2.75) is 30.7 Å². The lowest BCUT2D eigenvalue weighted by molar-refractivity contribution is -0.277. The predicted molar refractivity (Wildman–Crippen MR) is 114 cm³/mol. The number of fused-ring (bicyclic) bond motifs is 1. The van der Waals surface area contributed by atoms with Crippen molar-refractivity contribution in [2.75, 3.05) is 13.7 Å². The van der Waals surface area contributed by atoms with Crippen LogP contribution in [0.4, 0.5) is 0 Å². The van der Waals surface area contributed by atoms with E-state index < -0.39 is 60.0 Å². The highest BCUT2D eigenvalue weighted by molar-refractivity contribution is 5.89. The van der Waals surface area contributed by atoms with Gasteiger partial charge in [0.2, 0.25) is 12.0 Å². The highest BCUT2D eigenvalue weighted by Crippen LogP contribution is 2.44. The van der Waals surface area contributed by atoms with Gasteiger partial charge in [0.05, 0.1) is 13.7 Å². The van der Waals surface area contributed by atoms with E-state index in [0.29, 0.717) is 0 Å². The number of aromatic hydroxyl groups is 3. The second-order valence-corrected chi connectivity index (χ2v) is 7.62. The van der Waals surface area contributed by atoms with Crippen LogP contribution >= 0.6 is 0 Å². The first-order valence-electron chi connectivity index (χ1n) is 10.0. The number of ether oxygens (including phenoxy) is 3. The maximum Gasteiger partial charge on any atom is 0.229 e. The molecule has 0 amide bonds. The average Bonchev–Trinajstić information content (AvgIpc) is 2.81. The van der Waals surface area contributed by atoms with Gasteiger partial charge in [0, 0.05) is 17.7 Å². The second kappa shape index (κ2) is 9.00. The Morgan fingerprint density at radius 1 is 0.971 bits per heavy atom. The number of aliphatic hydroxyl groups excluding tert-OH is 4. The van der Waals surface area contributed by atoms with Gasteiger partial charge in [-0.1, -0.05) is 0 Å². The van der Waals surface area contributed by atoms with Crippen LogP contribution in [0, 0.1) is 0 Å². The fourth-order valence-electron chi connectivity index (χ4n) is 3.63. The van der Waals surface area contributed by atoms with Gasteiger partial charge in [-0.2, -0.15) is 0 Å². The summed E-state index contributed by atoms with van der Waals surface area (Å²) in [5.74, 6) is -2.01. The third kappa shape index (κ3) is 3.97. The molecule has 1 fully saturated rings. The average molecular weight is 478 g/mol. The molecule has 0 saturated carbocycles. The van der Waals surface area contributed by atoms with Crippen molar-refractivity contribution in [3.8, 4) is 40.1 Å². The monoisotopic (exact) mass is 478 g/mol. The lowest BCUT2D eigenvalue weighted by Gasteiger charge is -2.39. The van der Waals surface area contributed by atoms with Gasteiger partial charge in [0.1, 0.15) is 41.1 Å². The summed E-state index contributed by atoms with van der Waals surface area (Å²) in [5.41, 5.74) is -0.525. The van der Waals surface area contributed by atoms with Crippen LogP contribution < -0.4 is 14.9 Å². The Kier molecular flexibility index (Phi) is 6.25. The molecule has 0 radical (unpaired) electrons. The Labute approximate surface area is 191 Å². The summed E-state index contributed by atoms with van der Waals surface area (Å²) in [4.78, 5) is 12.8. The van der Waals surface area contributed by atoms with Crippen LogP contribution in [0.5, 0.6) is 28.7 Å². The molecule has 1 aliphatic heterocycles. The molecule has 3 aromatic rings. The van der Waals surface area contributed by atoms with Crippen LogP contribution in [-0.4, -0.2) is 80.2 Å². The summed E-state index contributed by atoms with van der Waals surface area (Å²) in [6.45, 7) is -0.690. The van der Waals surface area contributed by atoms with E-state index in [1.54, 1.807) is 0 Å². The molecule has 12 nitrogen and oxygen atoms in total. The van der Waals surface area contributed by atoms with E-state index in [4.69, 9.17) is 18.6 Å². The Morgan fingerprint density at radius 2 is 1.71 bits per heavy atom. The second-order valence-electron chi connectivity index (χ2n) is 7.62. The standard InChI is InChI=1S/C22H22O12/c1-31-14-6-13-16(11(26)5-12(32-13)8-2-3-9(24)10(25)4-8)18(28)21(14)34-22-20(30)19(29)17(27)15(7-23)33-22/h2-6,15,17,19-20,22-25,27-30H,7H2,1H3. The first-order valence-corrected chi connectivity index (χ1v) is 10.0. The zero-order chi connectivity index (χ0) is 24.7. The number of rotatable bonds is 5. The minimum absolute atomic E-state index is 0.0249. The predicted octanol–water partition coefficient (Wildman–Crippen LogP) is -0.236. The molecule has 5 unspecified atom stereocenters. The lowest BCUT2D eigenvalue weighted by atomic mass is 9.99. The van der Waals surface area contributed by atoms with Gasteiger partial charge < -0.3 is 54.4 Å². The van der Waals surface area contributed by atoms with E-state index in [1.807, 2.05) is 0 Å². The third-order valence-electron chi connectivity index (χ3n) is 5.48. The maximum atomic E-state index is 12.8. The molecule has 0 aliphatic carbocycles. The van der Waals surface area contributed by atoms with Crippen LogP contribution in [0.25, 0.3) is 22.3 Å². The van der Waals surface area contributed by atoms with Crippen LogP contribution in [-0.2, 0) is 4.74 Å². The number of methoxy groups -OCH3 is 1. The fourth-order valence-corrected chi connectivity index (χ4v) is 3.63. The number of hydrogen-bond acceptors (Lipinski definition) is 12. The molecule has 12 heteroatoms. The summed E-state index contributed by atoms with van der Waals surface area (Å²) in [6.07, 6.45) is -8.00. The molecule has 2 aromatic carbocycles. The van der Waals surface area contributed by atoms with Crippen LogP contribution in [0.2, 0.25) is 0 Å². The van der Waals surface area contributed by atoms with Crippen LogP contribution in [0.1, 0.15) is 0 Å². The maximum absolute atomic E-state index is 12.8. The first-order chi connectivity index (χ1) is 16.2.